The molecule has 1 aromatic rings. The first-order valence-corrected chi connectivity index (χ1v) is 7.96. The lowest BCUT2D eigenvalue weighted by atomic mass is 10.1. The molecule has 0 aromatic carbocycles. The van der Waals surface area contributed by atoms with Crippen LogP contribution >= 0.6 is 0 Å². The molecule has 0 aliphatic carbocycles. The number of hydrogen-bond acceptors (Lipinski definition) is 4. The van der Waals surface area contributed by atoms with E-state index in [4.69, 9.17) is 9.15 Å². The van der Waals surface area contributed by atoms with Crippen molar-refractivity contribution in [3.05, 3.63) is 23.2 Å². The molecule has 0 bridgehead atoms. The normalized spacial score (nSPS) is 18.3. The molecule has 0 radical (unpaired) electrons. The first-order valence-electron chi connectivity index (χ1n) is 7.96. The van der Waals surface area contributed by atoms with Gasteiger partial charge in [0, 0.05) is 37.8 Å². The zero-order valence-electron chi connectivity index (χ0n) is 14.2. The standard InChI is InChI=1S/C17H30N2O2/c1-13-14(10-16(21-13)11-18-17(2,3)4)12-19-8-6-15(20-5)7-9-19/h10,15,18H,6-9,11-12H2,1-5H3. The Balaban J connectivity index is 1.88. The molecule has 0 unspecified atom stereocenters. The van der Waals surface area contributed by atoms with Crippen molar-refractivity contribution >= 4 is 0 Å². The van der Waals surface area contributed by atoms with Gasteiger partial charge in [0.25, 0.3) is 0 Å². The molecular formula is C17H30N2O2. The predicted molar refractivity (Wildman–Crippen MR) is 85.3 cm³/mol. The number of nitrogens with zero attached hydrogens (tertiary/aromatic N) is 1. The summed E-state index contributed by atoms with van der Waals surface area (Å²) in [5.74, 6) is 2.08. The van der Waals surface area contributed by atoms with Crippen LogP contribution in [0, 0.1) is 6.92 Å². The maximum Gasteiger partial charge on any atom is 0.118 e. The molecule has 1 N–H and O–H groups in total. The Bertz CT molecular complexity index is 440. The summed E-state index contributed by atoms with van der Waals surface area (Å²) >= 11 is 0. The monoisotopic (exact) mass is 294 g/mol. The summed E-state index contributed by atoms with van der Waals surface area (Å²) in [5, 5.41) is 3.47. The Morgan fingerprint density at radius 2 is 2.00 bits per heavy atom. The second kappa shape index (κ2) is 6.95. The van der Waals surface area contributed by atoms with Gasteiger partial charge in [-0.05, 0) is 46.6 Å². The van der Waals surface area contributed by atoms with Crippen molar-refractivity contribution in [3.63, 3.8) is 0 Å². The average molecular weight is 294 g/mol. The summed E-state index contributed by atoms with van der Waals surface area (Å²) in [4.78, 5) is 2.49. The SMILES string of the molecule is COC1CCN(Cc2cc(CNC(C)(C)C)oc2C)CC1. The van der Waals surface area contributed by atoms with Crippen LogP contribution in [0.2, 0.25) is 0 Å². The van der Waals surface area contributed by atoms with Crippen molar-refractivity contribution in [2.45, 2.75) is 65.3 Å². The van der Waals surface area contributed by atoms with Gasteiger partial charge in [0.2, 0.25) is 0 Å². The van der Waals surface area contributed by atoms with Crippen molar-refractivity contribution in [2.75, 3.05) is 20.2 Å². The van der Waals surface area contributed by atoms with Crippen LogP contribution in [-0.2, 0) is 17.8 Å². The van der Waals surface area contributed by atoms with Gasteiger partial charge in [0.15, 0.2) is 0 Å². The third-order valence-electron chi connectivity index (χ3n) is 4.13. The van der Waals surface area contributed by atoms with E-state index in [9.17, 15) is 0 Å². The number of rotatable bonds is 5. The summed E-state index contributed by atoms with van der Waals surface area (Å²) in [5.41, 5.74) is 1.43. The smallest absolute Gasteiger partial charge is 0.118 e. The number of piperidine rings is 1. The van der Waals surface area contributed by atoms with Gasteiger partial charge < -0.3 is 14.5 Å². The van der Waals surface area contributed by atoms with Crippen LogP contribution < -0.4 is 5.32 Å². The minimum Gasteiger partial charge on any atom is -0.465 e. The van der Waals surface area contributed by atoms with Crippen LogP contribution in [0.15, 0.2) is 10.5 Å². The Hall–Kier alpha value is -0.840. The van der Waals surface area contributed by atoms with Crippen molar-refractivity contribution in [1.29, 1.82) is 0 Å². The highest BCUT2D eigenvalue weighted by atomic mass is 16.5. The van der Waals surface area contributed by atoms with Crippen molar-refractivity contribution in [2.24, 2.45) is 0 Å². The number of likely N-dealkylation sites (tertiary alicyclic amines) is 1. The molecule has 0 spiro atoms. The van der Waals surface area contributed by atoms with E-state index in [0.29, 0.717) is 6.10 Å². The van der Waals surface area contributed by atoms with Gasteiger partial charge in [-0.15, -0.1) is 0 Å². The van der Waals surface area contributed by atoms with Gasteiger partial charge in [-0.3, -0.25) is 4.90 Å². The minimum atomic E-state index is 0.114. The van der Waals surface area contributed by atoms with E-state index in [-0.39, 0.29) is 5.54 Å². The minimum absolute atomic E-state index is 0.114. The molecule has 1 aliphatic heterocycles. The molecular weight excluding hydrogens is 264 g/mol. The van der Waals surface area contributed by atoms with Crippen LogP contribution in [0.3, 0.4) is 0 Å². The second-order valence-corrected chi connectivity index (χ2v) is 7.11. The van der Waals surface area contributed by atoms with Gasteiger partial charge in [0.05, 0.1) is 12.6 Å². The van der Waals surface area contributed by atoms with Crippen LogP contribution in [0.5, 0.6) is 0 Å². The summed E-state index contributed by atoms with van der Waals surface area (Å²) in [7, 11) is 1.81. The molecule has 0 atom stereocenters. The van der Waals surface area contributed by atoms with Gasteiger partial charge in [0.1, 0.15) is 11.5 Å². The average Bonchev–Trinajstić information content (AvgIpc) is 2.77. The molecule has 120 valence electrons. The topological polar surface area (TPSA) is 37.6 Å². The van der Waals surface area contributed by atoms with Gasteiger partial charge in [-0.1, -0.05) is 0 Å². The highest BCUT2D eigenvalue weighted by Crippen LogP contribution is 2.20. The van der Waals surface area contributed by atoms with E-state index in [0.717, 1.165) is 50.5 Å². The molecule has 1 fully saturated rings. The van der Waals surface area contributed by atoms with Gasteiger partial charge in [-0.2, -0.15) is 0 Å². The molecule has 1 saturated heterocycles. The highest BCUT2D eigenvalue weighted by molar-refractivity contribution is 5.21. The molecule has 4 nitrogen and oxygen atoms in total. The summed E-state index contributed by atoms with van der Waals surface area (Å²) in [6.45, 7) is 12.6. The number of hydrogen-bond donors (Lipinski definition) is 1. The Labute approximate surface area is 128 Å². The van der Waals surface area contributed by atoms with Crippen molar-refractivity contribution < 1.29 is 9.15 Å². The lowest BCUT2D eigenvalue weighted by Crippen LogP contribution is -2.36. The zero-order valence-corrected chi connectivity index (χ0v) is 14.2. The molecule has 21 heavy (non-hydrogen) atoms. The quantitative estimate of drug-likeness (QED) is 0.905. The summed E-state index contributed by atoms with van der Waals surface area (Å²) in [6.07, 6.45) is 2.70. The Morgan fingerprint density at radius 3 is 2.57 bits per heavy atom. The fourth-order valence-electron chi connectivity index (χ4n) is 2.73. The predicted octanol–water partition coefficient (Wildman–Crippen LogP) is 3.09. The van der Waals surface area contributed by atoms with E-state index in [1.54, 1.807) is 0 Å². The maximum absolute atomic E-state index is 5.88. The lowest BCUT2D eigenvalue weighted by molar-refractivity contribution is 0.0387. The zero-order chi connectivity index (χ0) is 15.5. The largest absolute Gasteiger partial charge is 0.465 e. The molecule has 0 amide bonds. The Kier molecular flexibility index (Phi) is 5.47. The fraction of sp³-hybridized carbons (Fsp3) is 0.765. The first-order chi connectivity index (χ1) is 9.87. The molecule has 2 heterocycles. The molecule has 4 heteroatoms. The van der Waals surface area contributed by atoms with Gasteiger partial charge in [-0.25, -0.2) is 0 Å². The third kappa shape index (κ3) is 5.13. The van der Waals surface area contributed by atoms with E-state index in [2.05, 4.69) is 44.0 Å². The van der Waals surface area contributed by atoms with Crippen LogP contribution in [0.1, 0.15) is 50.7 Å². The number of furan rings is 1. The highest BCUT2D eigenvalue weighted by Gasteiger charge is 2.20. The number of ether oxygens (including phenoxy) is 1. The van der Waals surface area contributed by atoms with Crippen LogP contribution in [-0.4, -0.2) is 36.7 Å². The lowest BCUT2D eigenvalue weighted by Gasteiger charge is -2.30. The first kappa shape index (κ1) is 16.5. The van der Waals surface area contributed by atoms with Crippen molar-refractivity contribution in [3.8, 4) is 0 Å². The fourth-order valence-corrected chi connectivity index (χ4v) is 2.73. The third-order valence-corrected chi connectivity index (χ3v) is 4.13. The Morgan fingerprint density at radius 1 is 1.33 bits per heavy atom. The molecule has 0 saturated carbocycles. The van der Waals surface area contributed by atoms with E-state index in [1.165, 1.54) is 5.56 Å². The van der Waals surface area contributed by atoms with E-state index >= 15 is 0 Å². The second-order valence-electron chi connectivity index (χ2n) is 7.11. The number of nitrogens with one attached hydrogen (secondary N) is 1. The number of methoxy groups -OCH3 is 1. The van der Waals surface area contributed by atoms with Gasteiger partial charge >= 0.3 is 0 Å². The van der Waals surface area contributed by atoms with E-state index in [1.807, 2.05) is 7.11 Å². The molecule has 1 aliphatic rings. The summed E-state index contributed by atoms with van der Waals surface area (Å²) < 4.78 is 11.3. The van der Waals surface area contributed by atoms with Crippen molar-refractivity contribution in [1.82, 2.24) is 10.2 Å². The summed E-state index contributed by atoms with van der Waals surface area (Å²) in [6, 6.07) is 2.20. The molecule has 1 aromatic heterocycles. The maximum atomic E-state index is 5.88. The van der Waals surface area contributed by atoms with Crippen LogP contribution in [0.4, 0.5) is 0 Å². The molecule has 2 rings (SSSR count). The number of aryl methyl sites for hydroxylation is 1. The van der Waals surface area contributed by atoms with Crippen LogP contribution in [0.25, 0.3) is 0 Å². The van der Waals surface area contributed by atoms with E-state index < -0.39 is 0 Å².